The summed E-state index contributed by atoms with van der Waals surface area (Å²) >= 11 is 0. The first-order valence-corrected chi connectivity index (χ1v) is 25.7. The average molecular weight is 1030 g/mol. The van der Waals surface area contributed by atoms with E-state index in [1.807, 2.05) is 48.5 Å². The SMILES string of the molecule is CC(=O)NCCCCCCn1c(=O)n(CCCCCCNC(=O)OCCc2ccc(O)c(-n3nc4ccccc4n3)c2)c(=O)n(CCCCCCNC(=O)OCCc2ccc(O)c(-n3nc4ccccc4n3)c2)c1=O. The Morgan fingerprint density at radius 1 is 0.467 bits per heavy atom. The molecule has 0 saturated carbocycles. The summed E-state index contributed by atoms with van der Waals surface area (Å²) in [5.41, 5.74) is 3.35. The van der Waals surface area contributed by atoms with E-state index in [0.717, 1.165) is 44.1 Å². The molecule has 0 bridgehead atoms. The lowest BCUT2D eigenvalue weighted by Crippen LogP contribution is -2.54. The van der Waals surface area contributed by atoms with Crippen LogP contribution >= 0.6 is 0 Å². The van der Waals surface area contributed by atoms with Gasteiger partial charge >= 0.3 is 29.3 Å². The van der Waals surface area contributed by atoms with Crippen LogP contribution in [0.15, 0.2) is 99.3 Å². The van der Waals surface area contributed by atoms with Crippen LogP contribution in [0.3, 0.4) is 0 Å². The molecule has 0 aliphatic rings. The van der Waals surface area contributed by atoms with Gasteiger partial charge in [0, 0.05) is 59.0 Å². The van der Waals surface area contributed by atoms with E-state index in [4.69, 9.17) is 9.47 Å². The number of amides is 3. The molecule has 4 aromatic carbocycles. The normalized spacial score (nSPS) is 11.3. The van der Waals surface area contributed by atoms with Gasteiger partial charge in [0.05, 0.1) is 13.2 Å². The maximum absolute atomic E-state index is 13.7. The largest absolute Gasteiger partial charge is 0.506 e. The van der Waals surface area contributed by atoms with Crippen molar-refractivity contribution in [1.29, 1.82) is 0 Å². The van der Waals surface area contributed by atoms with Crippen LogP contribution in [0.1, 0.15) is 95.1 Å². The Morgan fingerprint density at radius 3 is 1.15 bits per heavy atom. The van der Waals surface area contributed by atoms with Gasteiger partial charge in [-0.2, -0.15) is 0 Å². The lowest BCUT2D eigenvalue weighted by atomic mass is 10.1. The fourth-order valence-corrected chi connectivity index (χ4v) is 8.48. The summed E-state index contributed by atoms with van der Waals surface area (Å²) in [6.07, 6.45) is 7.64. The summed E-state index contributed by atoms with van der Waals surface area (Å²) in [7, 11) is 0. The lowest BCUT2D eigenvalue weighted by Gasteiger charge is -2.14. The third-order valence-corrected chi connectivity index (χ3v) is 12.6. The second-order valence-electron chi connectivity index (χ2n) is 18.3. The van der Waals surface area contributed by atoms with E-state index >= 15 is 0 Å². The van der Waals surface area contributed by atoms with Crippen molar-refractivity contribution in [3.63, 3.8) is 0 Å². The van der Waals surface area contributed by atoms with Gasteiger partial charge in [0.2, 0.25) is 5.91 Å². The van der Waals surface area contributed by atoms with Crippen LogP contribution in [0.4, 0.5) is 9.59 Å². The molecule has 0 aliphatic heterocycles. The van der Waals surface area contributed by atoms with Gasteiger partial charge in [0.25, 0.3) is 0 Å². The standard InChI is InChI=1S/C53H66N12O10/c1-38(66)54-28-12-2-5-15-31-61-51(71)62(32-16-6-3-13-29-55-49(69)74-34-26-39-22-24-47(67)45(36-39)64-57-41-18-8-9-19-42(41)58-64)53(73)63(52(61)72)33-17-7-4-14-30-56-50(70)75-35-27-40-23-25-48(68)46(37-40)65-59-43-20-10-11-21-44(43)60-65/h8-11,18-25,36-37,67-68H,2-7,12-17,26-35H2,1H3,(H,54,66)(H,55,69)(H,56,70). The Labute approximate surface area is 432 Å². The molecule has 75 heavy (non-hydrogen) atoms. The van der Waals surface area contributed by atoms with Crippen LogP contribution in [-0.2, 0) is 46.7 Å². The molecule has 3 amide bonds. The zero-order valence-electron chi connectivity index (χ0n) is 42.3. The van der Waals surface area contributed by atoms with E-state index in [9.17, 15) is 39.0 Å². The Kier molecular flexibility index (Phi) is 20.1. The van der Waals surface area contributed by atoms with Crippen LogP contribution in [0.2, 0.25) is 0 Å². The van der Waals surface area contributed by atoms with Crippen molar-refractivity contribution in [1.82, 2.24) is 59.6 Å². The molecule has 22 nitrogen and oxygen atoms in total. The first kappa shape index (κ1) is 54.5. The van der Waals surface area contributed by atoms with Gasteiger partial charge in [-0.05, 0) is 98.2 Å². The van der Waals surface area contributed by atoms with Crippen molar-refractivity contribution in [2.75, 3.05) is 32.8 Å². The number of nitrogens with zero attached hydrogens (tertiary/aromatic N) is 9. The molecule has 0 unspecified atom stereocenters. The van der Waals surface area contributed by atoms with Crippen molar-refractivity contribution >= 4 is 40.2 Å². The van der Waals surface area contributed by atoms with Crippen LogP contribution in [0.5, 0.6) is 11.5 Å². The third kappa shape index (κ3) is 15.8. The molecular weight excluding hydrogens is 965 g/mol. The minimum Gasteiger partial charge on any atom is -0.506 e. The highest BCUT2D eigenvalue weighted by Crippen LogP contribution is 2.25. The highest BCUT2D eigenvalue weighted by atomic mass is 16.6. The number of benzene rings is 4. The number of aromatic nitrogens is 9. The van der Waals surface area contributed by atoms with Crippen LogP contribution in [0.25, 0.3) is 33.4 Å². The summed E-state index contributed by atoms with van der Waals surface area (Å²) in [5, 5.41) is 46.9. The number of unbranched alkanes of at least 4 members (excludes halogenated alkanes) is 9. The van der Waals surface area contributed by atoms with Crippen molar-refractivity contribution in [3.8, 4) is 22.9 Å². The maximum Gasteiger partial charge on any atom is 0.407 e. The van der Waals surface area contributed by atoms with Gasteiger partial charge in [-0.1, -0.05) is 74.9 Å². The van der Waals surface area contributed by atoms with Gasteiger partial charge in [0.1, 0.15) is 44.9 Å². The van der Waals surface area contributed by atoms with E-state index in [-0.39, 0.29) is 50.3 Å². The smallest absolute Gasteiger partial charge is 0.407 e. The number of hydrogen-bond donors (Lipinski definition) is 5. The first-order chi connectivity index (χ1) is 36.4. The monoisotopic (exact) mass is 1030 g/mol. The summed E-state index contributed by atoms with van der Waals surface area (Å²) in [6.45, 7) is 3.42. The number of hydrogen-bond acceptors (Lipinski definition) is 14. The van der Waals surface area contributed by atoms with Crippen molar-refractivity contribution < 1.29 is 34.1 Å². The minimum atomic E-state index is -0.643. The number of carbonyl (C=O) groups excluding carboxylic acids is 3. The van der Waals surface area contributed by atoms with E-state index in [1.54, 1.807) is 36.4 Å². The highest BCUT2D eigenvalue weighted by Gasteiger charge is 2.17. The molecule has 7 rings (SSSR count). The van der Waals surface area contributed by atoms with Crippen LogP contribution in [-0.4, -0.2) is 105 Å². The maximum atomic E-state index is 13.7. The predicted octanol–water partition coefficient (Wildman–Crippen LogP) is 5.81. The van der Waals surface area contributed by atoms with Gasteiger partial charge in [0.15, 0.2) is 0 Å². The molecule has 0 atom stereocenters. The molecule has 0 aliphatic carbocycles. The molecule has 5 N–H and O–H groups in total. The molecule has 7 aromatic rings. The summed E-state index contributed by atoms with van der Waals surface area (Å²) in [4.78, 5) is 79.8. The first-order valence-electron chi connectivity index (χ1n) is 25.7. The van der Waals surface area contributed by atoms with E-state index in [0.29, 0.717) is 124 Å². The quantitative estimate of drug-likeness (QED) is 0.0347. The molecule has 0 radical (unpaired) electrons. The molecule has 0 fully saturated rings. The van der Waals surface area contributed by atoms with Gasteiger partial charge < -0.3 is 35.6 Å². The van der Waals surface area contributed by atoms with Crippen LogP contribution in [0, 0.1) is 0 Å². The zero-order chi connectivity index (χ0) is 52.9. The molecule has 3 heterocycles. The van der Waals surface area contributed by atoms with Crippen LogP contribution < -0.4 is 33.0 Å². The number of rotatable bonds is 29. The van der Waals surface area contributed by atoms with Gasteiger partial charge in [-0.15, -0.1) is 30.0 Å². The number of phenols is 2. The minimum absolute atomic E-state index is 0.0212. The van der Waals surface area contributed by atoms with Crippen molar-refractivity contribution in [2.45, 2.75) is 116 Å². The summed E-state index contributed by atoms with van der Waals surface area (Å²) in [6, 6.07) is 24.9. The number of fused-ring (bicyclic) bond motifs is 2. The Balaban J connectivity index is 0.808. The highest BCUT2D eigenvalue weighted by molar-refractivity contribution is 5.75. The van der Waals surface area contributed by atoms with E-state index in [1.165, 1.54) is 16.5 Å². The number of nitrogens with one attached hydrogen (secondary N) is 3. The van der Waals surface area contributed by atoms with Crippen molar-refractivity contribution in [3.05, 3.63) is 128 Å². The number of phenolic OH excluding ortho intramolecular Hbond substituents is 2. The molecule has 0 saturated heterocycles. The fourth-order valence-electron chi connectivity index (χ4n) is 8.48. The Bertz CT molecular complexity index is 2950. The van der Waals surface area contributed by atoms with Gasteiger partial charge in [-0.25, -0.2) is 37.7 Å². The molecule has 0 spiro atoms. The van der Waals surface area contributed by atoms with Crippen molar-refractivity contribution in [2.24, 2.45) is 0 Å². The second kappa shape index (κ2) is 27.7. The van der Waals surface area contributed by atoms with E-state index in [2.05, 4.69) is 36.3 Å². The zero-order valence-corrected chi connectivity index (χ0v) is 42.3. The lowest BCUT2D eigenvalue weighted by molar-refractivity contribution is -0.118. The van der Waals surface area contributed by atoms with Gasteiger partial charge in [-0.3, -0.25) is 4.79 Å². The summed E-state index contributed by atoms with van der Waals surface area (Å²) in [5.74, 6) is -0.0553. The molecule has 398 valence electrons. The Hall–Kier alpha value is -8.30. The third-order valence-electron chi connectivity index (χ3n) is 12.6. The average Bonchev–Trinajstić information content (AvgIpc) is 4.04. The number of alkyl carbamates (subject to hydrolysis) is 2. The van der Waals surface area contributed by atoms with E-state index < -0.39 is 29.3 Å². The fraction of sp³-hybridized carbons (Fsp3) is 0.434. The Morgan fingerprint density at radius 2 is 0.800 bits per heavy atom. The topological polar surface area (TPSA) is 274 Å². The number of ether oxygens (including phenoxy) is 2. The summed E-state index contributed by atoms with van der Waals surface area (Å²) < 4.78 is 14.2. The number of carbonyl (C=O) groups is 3. The number of aromatic hydroxyl groups is 2. The molecular formula is C53H66N12O10. The predicted molar refractivity (Wildman–Crippen MR) is 280 cm³/mol. The molecule has 3 aromatic heterocycles. The molecule has 22 heteroatoms. The second-order valence-corrected chi connectivity index (χ2v) is 18.3.